The maximum atomic E-state index is 6.36. The van der Waals surface area contributed by atoms with Gasteiger partial charge in [0.15, 0.2) is 0 Å². The van der Waals surface area contributed by atoms with E-state index in [1.165, 1.54) is 37.7 Å². The molecule has 20 heavy (non-hydrogen) atoms. The second-order valence-corrected chi connectivity index (χ2v) is 8.61. The first kappa shape index (κ1) is 13.1. The van der Waals surface area contributed by atoms with Gasteiger partial charge in [0.25, 0.3) is 0 Å². The number of rotatable bonds is 0. The van der Waals surface area contributed by atoms with Gasteiger partial charge >= 0.3 is 0 Å². The molecule has 4 atom stereocenters. The van der Waals surface area contributed by atoms with E-state index in [2.05, 4.69) is 49.9 Å². The van der Waals surface area contributed by atoms with Crippen LogP contribution >= 0.6 is 11.8 Å². The molecule has 1 aliphatic carbocycles. The fraction of sp³-hybridized carbons (Fsp3) is 0.667. The van der Waals surface area contributed by atoms with Crippen LogP contribution < -0.4 is 4.74 Å². The van der Waals surface area contributed by atoms with Crippen molar-refractivity contribution in [1.82, 2.24) is 0 Å². The summed E-state index contributed by atoms with van der Waals surface area (Å²) in [6, 6.07) is 8.72. The highest BCUT2D eigenvalue weighted by molar-refractivity contribution is 8.00. The predicted octanol–water partition coefficient (Wildman–Crippen LogP) is 5.21. The van der Waals surface area contributed by atoms with Crippen molar-refractivity contribution in [1.29, 1.82) is 0 Å². The third-order valence-corrected chi connectivity index (χ3v) is 7.42. The summed E-state index contributed by atoms with van der Waals surface area (Å²) in [7, 11) is 0. The van der Waals surface area contributed by atoms with Crippen molar-refractivity contribution in [2.24, 2.45) is 11.8 Å². The normalized spacial score (nSPS) is 38.1. The summed E-state index contributed by atoms with van der Waals surface area (Å²) in [6.45, 7) is 4.59. The Balaban J connectivity index is 1.72. The van der Waals surface area contributed by atoms with Gasteiger partial charge in [0.1, 0.15) is 11.4 Å². The molecule has 0 aromatic heterocycles. The Labute approximate surface area is 126 Å². The highest BCUT2D eigenvalue weighted by Crippen LogP contribution is 2.59. The molecule has 0 radical (unpaired) electrons. The van der Waals surface area contributed by atoms with E-state index >= 15 is 0 Å². The number of benzene rings is 1. The van der Waals surface area contributed by atoms with Crippen molar-refractivity contribution in [2.75, 3.05) is 0 Å². The van der Waals surface area contributed by atoms with Gasteiger partial charge in [-0.25, -0.2) is 0 Å². The molecular weight excluding hydrogens is 264 g/mol. The van der Waals surface area contributed by atoms with E-state index in [-0.39, 0.29) is 5.60 Å². The fourth-order valence-electron chi connectivity index (χ4n) is 4.46. The molecule has 0 N–H and O–H groups in total. The van der Waals surface area contributed by atoms with E-state index in [9.17, 15) is 0 Å². The molecule has 1 saturated heterocycles. The quantitative estimate of drug-likeness (QED) is 0.648. The summed E-state index contributed by atoms with van der Waals surface area (Å²) in [5.41, 5.74) is 1.43. The molecule has 0 amide bonds. The van der Waals surface area contributed by atoms with E-state index in [4.69, 9.17) is 4.74 Å². The maximum absolute atomic E-state index is 6.36. The molecular formula is C18H24OS. The monoisotopic (exact) mass is 288 g/mol. The van der Waals surface area contributed by atoms with Crippen LogP contribution in [0.3, 0.4) is 0 Å². The molecule has 0 spiro atoms. The standard InChI is InChI=1S/C18H24OS/c1-18(2)14-11-12-7-3-6-10-16(12)20-17(14)13-8-4-5-9-15(13)19-18/h4-5,8-9,12,14,16-17H,3,6-7,10-11H2,1-2H3/t12-,14+,16-,17-/m1/s1. The van der Waals surface area contributed by atoms with E-state index in [1.807, 2.05) is 0 Å². The van der Waals surface area contributed by atoms with Gasteiger partial charge in [-0.05, 0) is 45.1 Å². The molecule has 0 unspecified atom stereocenters. The molecule has 1 aromatic carbocycles. The second-order valence-electron chi connectivity index (χ2n) is 7.23. The molecule has 3 aliphatic rings. The molecule has 108 valence electrons. The van der Waals surface area contributed by atoms with Gasteiger partial charge in [0, 0.05) is 22.0 Å². The van der Waals surface area contributed by atoms with Crippen molar-refractivity contribution in [3.8, 4) is 5.75 Å². The van der Waals surface area contributed by atoms with Crippen LogP contribution in [0, 0.1) is 11.8 Å². The van der Waals surface area contributed by atoms with Gasteiger partial charge in [-0.2, -0.15) is 0 Å². The van der Waals surface area contributed by atoms with E-state index in [0.717, 1.165) is 16.9 Å². The van der Waals surface area contributed by atoms with Crippen LogP contribution in [0.2, 0.25) is 0 Å². The molecule has 0 bridgehead atoms. The zero-order valence-corrected chi connectivity index (χ0v) is 13.3. The lowest BCUT2D eigenvalue weighted by Crippen LogP contribution is -2.48. The Bertz CT molecular complexity index is 510. The Kier molecular flexibility index (Phi) is 3.06. The average molecular weight is 288 g/mol. The molecule has 1 saturated carbocycles. The van der Waals surface area contributed by atoms with Crippen LogP contribution in [0.25, 0.3) is 0 Å². The maximum Gasteiger partial charge on any atom is 0.124 e. The molecule has 2 fully saturated rings. The summed E-state index contributed by atoms with van der Waals surface area (Å²) < 4.78 is 6.36. The number of thioether (sulfide) groups is 1. The molecule has 2 heterocycles. The first-order valence-corrected chi connectivity index (χ1v) is 9.03. The van der Waals surface area contributed by atoms with Crippen molar-refractivity contribution in [3.63, 3.8) is 0 Å². The minimum absolute atomic E-state index is 0.0194. The molecule has 2 heteroatoms. The van der Waals surface area contributed by atoms with Crippen molar-refractivity contribution in [2.45, 2.75) is 62.1 Å². The highest BCUT2D eigenvalue weighted by Gasteiger charge is 2.49. The van der Waals surface area contributed by atoms with Gasteiger partial charge in [0.2, 0.25) is 0 Å². The SMILES string of the molecule is CC1(C)Oc2ccccc2[C@H]2S[C@@H]3CCCC[C@@H]3C[C@@H]21. The van der Waals surface area contributed by atoms with E-state index in [0.29, 0.717) is 11.2 Å². The number of ether oxygens (including phenoxy) is 1. The van der Waals surface area contributed by atoms with E-state index < -0.39 is 0 Å². The van der Waals surface area contributed by atoms with Gasteiger partial charge in [0.05, 0.1) is 0 Å². The molecule has 1 nitrogen and oxygen atoms in total. The van der Waals surface area contributed by atoms with Crippen molar-refractivity contribution >= 4 is 11.8 Å². The smallest absolute Gasteiger partial charge is 0.124 e. The van der Waals surface area contributed by atoms with Gasteiger partial charge < -0.3 is 4.74 Å². The van der Waals surface area contributed by atoms with Crippen LogP contribution in [0.5, 0.6) is 5.75 Å². The Morgan fingerprint density at radius 1 is 1.15 bits per heavy atom. The highest BCUT2D eigenvalue weighted by atomic mass is 32.2. The molecule has 1 aromatic rings. The lowest BCUT2D eigenvalue weighted by molar-refractivity contribution is 0.00694. The second kappa shape index (κ2) is 4.69. The largest absolute Gasteiger partial charge is 0.487 e. The summed E-state index contributed by atoms with van der Waals surface area (Å²) in [4.78, 5) is 0. The third kappa shape index (κ3) is 1.99. The van der Waals surface area contributed by atoms with Crippen LogP contribution in [0.15, 0.2) is 24.3 Å². The summed E-state index contributed by atoms with van der Waals surface area (Å²) >= 11 is 2.26. The first-order valence-electron chi connectivity index (χ1n) is 8.08. The predicted molar refractivity (Wildman–Crippen MR) is 85.3 cm³/mol. The number of para-hydroxylation sites is 1. The lowest BCUT2D eigenvalue weighted by Gasteiger charge is -2.52. The Morgan fingerprint density at radius 2 is 1.95 bits per heavy atom. The van der Waals surface area contributed by atoms with Crippen LogP contribution in [0.1, 0.15) is 56.8 Å². The zero-order chi connectivity index (χ0) is 13.7. The minimum atomic E-state index is -0.0194. The molecule has 2 aliphatic heterocycles. The Morgan fingerprint density at radius 3 is 2.85 bits per heavy atom. The lowest BCUT2D eigenvalue weighted by atomic mass is 9.72. The molecule has 4 rings (SSSR count). The number of fused-ring (bicyclic) bond motifs is 4. The van der Waals surface area contributed by atoms with Crippen LogP contribution in [-0.2, 0) is 0 Å². The van der Waals surface area contributed by atoms with Gasteiger partial charge in [-0.1, -0.05) is 31.0 Å². The summed E-state index contributed by atoms with van der Waals surface area (Å²) in [6.07, 6.45) is 7.12. The van der Waals surface area contributed by atoms with Crippen molar-refractivity contribution in [3.05, 3.63) is 29.8 Å². The average Bonchev–Trinajstić information content (AvgIpc) is 2.45. The topological polar surface area (TPSA) is 9.23 Å². The summed E-state index contributed by atoms with van der Waals surface area (Å²) in [5, 5.41) is 1.54. The Hall–Kier alpha value is -0.630. The van der Waals surface area contributed by atoms with E-state index in [1.54, 1.807) is 0 Å². The number of hydrogen-bond acceptors (Lipinski definition) is 2. The van der Waals surface area contributed by atoms with Gasteiger partial charge in [-0.15, -0.1) is 11.8 Å². The van der Waals surface area contributed by atoms with Gasteiger partial charge in [-0.3, -0.25) is 0 Å². The first-order chi connectivity index (χ1) is 9.65. The minimum Gasteiger partial charge on any atom is -0.487 e. The van der Waals surface area contributed by atoms with Crippen LogP contribution in [-0.4, -0.2) is 10.9 Å². The van der Waals surface area contributed by atoms with Crippen LogP contribution in [0.4, 0.5) is 0 Å². The number of hydrogen-bond donors (Lipinski definition) is 0. The third-order valence-electron chi connectivity index (χ3n) is 5.57. The fourth-order valence-corrected chi connectivity index (χ4v) is 6.58. The zero-order valence-electron chi connectivity index (χ0n) is 12.5. The summed E-state index contributed by atoms with van der Waals surface area (Å²) in [5.74, 6) is 2.73. The van der Waals surface area contributed by atoms with Crippen molar-refractivity contribution < 1.29 is 4.74 Å².